The summed E-state index contributed by atoms with van der Waals surface area (Å²) in [5, 5.41) is 3.57. The van der Waals surface area contributed by atoms with E-state index in [1.54, 1.807) is 4.90 Å². The van der Waals surface area contributed by atoms with Gasteiger partial charge in [-0.25, -0.2) is 4.98 Å². The molecule has 1 N–H and O–H groups in total. The monoisotopic (exact) mass is 377 g/mol. The lowest BCUT2D eigenvalue weighted by molar-refractivity contribution is -0.136. The number of amides is 2. The first-order valence-electron chi connectivity index (χ1n) is 9.04. The van der Waals surface area contributed by atoms with Crippen LogP contribution < -0.4 is 5.32 Å². The number of likely N-dealkylation sites (tertiary alicyclic amines) is 1. The molecule has 1 atom stereocenters. The van der Waals surface area contributed by atoms with E-state index >= 15 is 0 Å². The number of rotatable bonds is 3. The van der Waals surface area contributed by atoms with E-state index in [1.807, 2.05) is 13.8 Å². The van der Waals surface area contributed by atoms with E-state index in [2.05, 4.69) is 30.7 Å². The van der Waals surface area contributed by atoms with E-state index in [1.165, 1.54) is 17.4 Å². The molecule has 7 heteroatoms. The molecule has 142 valence electrons. The van der Waals surface area contributed by atoms with E-state index in [-0.39, 0.29) is 23.3 Å². The third-order valence-corrected chi connectivity index (χ3v) is 6.20. The number of ether oxygens (including phenoxy) is 1. The van der Waals surface area contributed by atoms with Crippen LogP contribution in [-0.2, 0) is 26.3 Å². The molecule has 0 spiro atoms. The second-order valence-electron chi connectivity index (χ2n) is 8.16. The first kappa shape index (κ1) is 19.0. The van der Waals surface area contributed by atoms with E-state index in [9.17, 15) is 9.59 Å². The molecule has 0 bridgehead atoms. The second kappa shape index (κ2) is 6.78. The molecule has 26 heavy (non-hydrogen) atoms. The van der Waals surface area contributed by atoms with Crippen LogP contribution in [0, 0.1) is 5.92 Å². The number of thiazole rings is 1. The third kappa shape index (κ3) is 3.83. The largest absolute Gasteiger partial charge is 0.364 e. The van der Waals surface area contributed by atoms with Gasteiger partial charge in [-0.2, -0.15) is 0 Å². The number of anilines is 1. The Morgan fingerprint density at radius 2 is 2.12 bits per heavy atom. The Kier molecular flexibility index (Phi) is 4.96. The van der Waals surface area contributed by atoms with Gasteiger partial charge in [-0.3, -0.25) is 9.59 Å². The fraction of sp³-hybridized carbons (Fsp3) is 0.632. The molecule has 1 unspecified atom stereocenters. The Labute approximate surface area is 158 Å². The minimum Gasteiger partial charge on any atom is -0.364 e. The van der Waals surface area contributed by atoms with Crippen LogP contribution in [0.1, 0.15) is 51.1 Å². The maximum atomic E-state index is 12.7. The Bertz CT molecular complexity index is 738. The van der Waals surface area contributed by atoms with Crippen molar-refractivity contribution < 1.29 is 14.3 Å². The summed E-state index contributed by atoms with van der Waals surface area (Å²) in [7, 11) is 0. The summed E-state index contributed by atoms with van der Waals surface area (Å²) >= 11 is 1.48. The molecule has 2 amide bonds. The van der Waals surface area contributed by atoms with Gasteiger partial charge in [0.2, 0.25) is 11.8 Å². The second-order valence-corrected chi connectivity index (χ2v) is 9.16. The van der Waals surface area contributed by atoms with Gasteiger partial charge in [0.25, 0.3) is 0 Å². The lowest BCUT2D eigenvalue weighted by atomic mass is 9.91. The van der Waals surface area contributed by atoms with Crippen molar-refractivity contribution in [3.05, 3.63) is 23.2 Å². The minimum atomic E-state index is -0.421. The average molecular weight is 378 g/mol. The summed E-state index contributed by atoms with van der Waals surface area (Å²) in [5.41, 5.74) is 0.301. The van der Waals surface area contributed by atoms with Crippen molar-refractivity contribution in [2.75, 3.05) is 18.4 Å². The van der Waals surface area contributed by atoms with Crippen LogP contribution in [-0.4, -0.2) is 40.4 Å². The van der Waals surface area contributed by atoms with Crippen molar-refractivity contribution >= 4 is 28.3 Å². The minimum absolute atomic E-state index is 0.0735. The predicted octanol–water partition coefficient (Wildman–Crippen LogP) is 3.09. The standard InChI is InChI=1S/C19H27N3O3S/c1-6-14(23)22-9-7-8-12(11-22)16(24)21-17-20-13-10-18(2,3)25-19(4,5)15(13)26-17/h6,12H,1,7-11H2,2-5H3,(H,20,21,24). The fourth-order valence-corrected chi connectivity index (χ4v) is 4.92. The van der Waals surface area contributed by atoms with Gasteiger partial charge in [0.15, 0.2) is 5.13 Å². The van der Waals surface area contributed by atoms with E-state index < -0.39 is 5.60 Å². The number of nitrogens with zero attached hydrogens (tertiary/aromatic N) is 2. The molecule has 0 radical (unpaired) electrons. The Hall–Kier alpha value is -1.73. The van der Waals surface area contributed by atoms with Crippen LogP contribution in [0.15, 0.2) is 12.7 Å². The number of nitrogens with one attached hydrogen (secondary N) is 1. The van der Waals surface area contributed by atoms with E-state index in [0.29, 0.717) is 18.2 Å². The van der Waals surface area contributed by atoms with E-state index in [4.69, 9.17) is 4.74 Å². The van der Waals surface area contributed by atoms with Gasteiger partial charge in [0.05, 0.1) is 27.7 Å². The van der Waals surface area contributed by atoms with Crippen LogP contribution >= 0.6 is 11.3 Å². The number of fused-ring (bicyclic) bond motifs is 1. The maximum Gasteiger partial charge on any atom is 0.245 e. The van der Waals surface area contributed by atoms with Gasteiger partial charge in [0.1, 0.15) is 0 Å². The number of carbonyl (C=O) groups is 2. The highest BCUT2D eigenvalue weighted by molar-refractivity contribution is 7.16. The molecular weight excluding hydrogens is 350 g/mol. The predicted molar refractivity (Wildman–Crippen MR) is 102 cm³/mol. The highest BCUT2D eigenvalue weighted by Gasteiger charge is 2.41. The highest BCUT2D eigenvalue weighted by atomic mass is 32.1. The maximum absolute atomic E-state index is 12.7. The summed E-state index contributed by atoms with van der Waals surface area (Å²) < 4.78 is 6.18. The summed E-state index contributed by atoms with van der Waals surface area (Å²) in [5.74, 6) is -0.404. The van der Waals surface area contributed by atoms with E-state index in [0.717, 1.165) is 29.8 Å². The van der Waals surface area contributed by atoms with Crippen molar-refractivity contribution in [3.8, 4) is 0 Å². The molecule has 0 aliphatic carbocycles. The van der Waals surface area contributed by atoms with Gasteiger partial charge >= 0.3 is 0 Å². The Balaban J connectivity index is 1.72. The van der Waals surface area contributed by atoms with Crippen molar-refractivity contribution in [3.63, 3.8) is 0 Å². The van der Waals surface area contributed by atoms with Crippen LogP contribution in [0.2, 0.25) is 0 Å². The molecule has 2 aliphatic heterocycles. The first-order valence-corrected chi connectivity index (χ1v) is 9.85. The Morgan fingerprint density at radius 3 is 2.81 bits per heavy atom. The van der Waals surface area contributed by atoms with Crippen molar-refractivity contribution in [2.24, 2.45) is 5.92 Å². The van der Waals surface area contributed by atoms with Gasteiger partial charge in [-0.1, -0.05) is 17.9 Å². The zero-order chi connectivity index (χ0) is 19.1. The molecule has 0 saturated carbocycles. The lowest BCUT2D eigenvalue weighted by Gasteiger charge is -2.40. The van der Waals surface area contributed by atoms with Crippen molar-refractivity contribution in [2.45, 2.75) is 58.2 Å². The average Bonchev–Trinajstić information content (AvgIpc) is 2.95. The Morgan fingerprint density at radius 1 is 1.38 bits per heavy atom. The molecule has 3 heterocycles. The molecule has 6 nitrogen and oxygen atoms in total. The number of carbonyl (C=O) groups excluding carboxylic acids is 2. The van der Waals surface area contributed by atoms with Crippen LogP contribution in [0.25, 0.3) is 0 Å². The normalized spacial score (nSPS) is 23.8. The molecular formula is C19H27N3O3S. The smallest absolute Gasteiger partial charge is 0.245 e. The zero-order valence-electron chi connectivity index (χ0n) is 15.9. The molecule has 1 aromatic heterocycles. The molecule has 2 aliphatic rings. The zero-order valence-corrected chi connectivity index (χ0v) is 16.7. The molecule has 1 saturated heterocycles. The lowest BCUT2D eigenvalue weighted by Crippen LogP contribution is -2.43. The number of aromatic nitrogens is 1. The molecule has 3 rings (SSSR count). The number of piperidine rings is 1. The number of hydrogen-bond acceptors (Lipinski definition) is 5. The van der Waals surface area contributed by atoms with Crippen LogP contribution in [0.3, 0.4) is 0 Å². The fourth-order valence-electron chi connectivity index (χ4n) is 3.90. The topological polar surface area (TPSA) is 71.5 Å². The van der Waals surface area contributed by atoms with Gasteiger partial charge in [0, 0.05) is 19.5 Å². The molecule has 1 aromatic rings. The SMILES string of the molecule is C=CC(=O)N1CCCC(C(=O)Nc2nc3c(s2)C(C)(C)OC(C)(C)C3)C1. The summed E-state index contributed by atoms with van der Waals surface area (Å²) in [6.07, 6.45) is 3.63. The molecule has 1 fully saturated rings. The number of hydrogen-bond donors (Lipinski definition) is 1. The van der Waals surface area contributed by atoms with Crippen LogP contribution in [0.5, 0.6) is 0 Å². The summed E-state index contributed by atoms with van der Waals surface area (Å²) in [6, 6.07) is 0. The van der Waals surface area contributed by atoms with Gasteiger partial charge in [-0.15, -0.1) is 0 Å². The van der Waals surface area contributed by atoms with Gasteiger partial charge < -0.3 is 15.0 Å². The van der Waals surface area contributed by atoms with Crippen LogP contribution in [0.4, 0.5) is 5.13 Å². The molecule has 0 aromatic carbocycles. The summed E-state index contributed by atoms with van der Waals surface area (Å²) in [6.45, 7) is 12.8. The van der Waals surface area contributed by atoms with Crippen molar-refractivity contribution in [1.29, 1.82) is 0 Å². The van der Waals surface area contributed by atoms with Gasteiger partial charge in [-0.05, 0) is 46.6 Å². The van der Waals surface area contributed by atoms with Crippen molar-refractivity contribution in [1.82, 2.24) is 9.88 Å². The quantitative estimate of drug-likeness (QED) is 0.822. The first-order chi connectivity index (χ1) is 12.1. The third-order valence-electron chi connectivity index (χ3n) is 4.88. The highest BCUT2D eigenvalue weighted by Crippen LogP contribution is 2.43. The summed E-state index contributed by atoms with van der Waals surface area (Å²) in [4.78, 5) is 31.9.